The van der Waals surface area contributed by atoms with Crippen molar-refractivity contribution < 1.29 is 4.74 Å². The van der Waals surface area contributed by atoms with Crippen LogP contribution in [-0.2, 0) is 18.5 Å². The zero-order chi connectivity index (χ0) is 28.6. The molecule has 210 valence electrons. The lowest BCUT2D eigenvalue weighted by Gasteiger charge is -2.40. The van der Waals surface area contributed by atoms with Crippen molar-refractivity contribution in [2.75, 3.05) is 13.7 Å². The summed E-state index contributed by atoms with van der Waals surface area (Å²) in [6.07, 6.45) is 3.01. The number of aromatic amines is 1. The van der Waals surface area contributed by atoms with Crippen LogP contribution >= 0.6 is 0 Å². The summed E-state index contributed by atoms with van der Waals surface area (Å²) >= 11 is 0. The van der Waals surface area contributed by atoms with E-state index in [0.29, 0.717) is 6.54 Å². The average molecular weight is 552 g/mol. The van der Waals surface area contributed by atoms with Gasteiger partial charge in [-0.05, 0) is 40.8 Å². The highest BCUT2D eigenvalue weighted by Crippen LogP contribution is 2.37. The molecule has 0 aliphatic rings. The van der Waals surface area contributed by atoms with Crippen LogP contribution in [0, 0.1) is 0 Å². The minimum absolute atomic E-state index is 0.0829. The summed E-state index contributed by atoms with van der Waals surface area (Å²) in [5, 5.41) is 9.25. The van der Waals surface area contributed by atoms with E-state index in [2.05, 4.69) is 149 Å². The minimum atomic E-state index is -0.563. The Morgan fingerprint density at radius 3 is 1.81 bits per heavy atom. The fraction of sp³-hybridized carbons (Fsp3) is 0.158. The highest BCUT2D eigenvalue weighted by Gasteiger charge is 2.38. The number of benzene rings is 5. The Bertz CT molecular complexity index is 1600. The van der Waals surface area contributed by atoms with E-state index in [9.17, 15) is 0 Å². The highest BCUT2D eigenvalue weighted by atomic mass is 16.5. The van der Waals surface area contributed by atoms with Gasteiger partial charge in [0.2, 0.25) is 0 Å². The number of hydrogen-bond donors (Lipinski definition) is 3. The first-order chi connectivity index (χ1) is 20.8. The van der Waals surface area contributed by atoms with Crippen LogP contribution in [-0.4, -0.2) is 24.7 Å². The number of ether oxygens (including phenoxy) is 1. The van der Waals surface area contributed by atoms with Gasteiger partial charge in [-0.1, -0.05) is 127 Å². The molecule has 0 bridgehead atoms. The van der Waals surface area contributed by atoms with Gasteiger partial charge in [0.1, 0.15) is 5.75 Å². The van der Waals surface area contributed by atoms with Crippen LogP contribution in [0.3, 0.4) is 0 Å². The quantitative estimate of drug-likeness (QED) is 0.138. The van der Waals surface area contributed by atoms with E-state index in [1.54, 1.807) is 7.11 Å². The third-order valence-electron chi connectivity index (χ3n) is 8.08. The predicted octanol–water partition coefficient (Wildman–Crippen LogP) is 7.46. The molecule has 3 N–H and O–H groups in total. The third kappa shape index (κ3) is 5.73. The molecule has 0 amide bonds. The maximum atomic E-state index is 5.63. The Morgan fingerprint density at radius 2 is 1.19 bits per heavy atom. The molecule has 5 aromatic carbocycles. The smallest absolute Gasteiger partial charge is 0.123 e. The molecule has 6 aromatic rings. The summed E-state index contributed by atoms with van der Waals surface area (Å²) in [5.41, 5.74) is 6.65. The van der Waals surface area contributed by atoms with E-state index < -0.39 is 5.54 Å². The predicted molar refractivity (Wildman–Crippen MR) is 173 cm³/mol. The number of nitrogens with one attached hydrogen (secondary N) is 3. The standard InChI is InChI=1S/C38H37N3O/c1-42-37-24-14-11-15-29(37)26-39-28-34(25-30-27-40-36-23-13-12-22-35(30)36)41-38(31-16-5-2-6-17-31,32-18-7-3-8-19-32)33-20-9-4-10-21-33/h2-24,27,34,39-41H,25-26,28H2,1H3/t34-/m0/s1. The molecule has 6 rings (SSSR count). The summed E-state index contributed by atoms with van der Waals surface area (Å²) in [6, 6.07) is 49.3. The fourth-order valence-corrected chi connectivity index (χ4v) is 6.09. The molecular weight excluding hydrogens is 514 g/mol. The molecule has 0 unspecified atom stereocenters. The molecule has 0 fully saturated rings. The van der Waals surface area contributed by atoms with E-state index in [-0.39, 0.29) is 6.04 Å². The monoisotopic (exact) mass is 551 g/mol. The maximum absolute atomic E-state index is 5.63. The van der Waals surface area contributed by atoms with Crippen LogP contribution in [0.2, 0.25) is 0 Å². The van der Waals surface area contributed by atoms with Gasteiger partial charge in [-0.3, -0.25) is 5.32 Å². The van der Waals surface area contributed by atoms with Crippen LogP contribution in [0.1, 0.15) is 27.8 Å². The van der Waals surface area contributed by atoms with Gasteiger partial charge in [-0.15, -0.1) is 0 Å². The fourth-order valence-electron chi connectivity index (χ4n) is 6.09. The molecule has 0 saturated carbocycles. The van der Waals surface area contributed by atoms with Crippen LogP contribution in [0.25, 0.3) is 10.9 Å². The SMILES string of the molecule is COc1ccccc1CNC[C@H](Cc1c[nH]c2ccccc12)NC(c1ccccc1)(c1ccccc1)c1ccccc1. The first-order valence-corrected chi connectivity index (χ1v) is 14.6. The van der Waals surface area contributed by atoms with Gasteiger partial charge in [0.15, 0.2) is 0 Å². The number of para-hydroxylation sites is 2. The van der Waals surface area contributed by atoms with Gasteiger partial charge < -0.3 is 15.0 Å². The average Bonchev–Trinajstić information content (AvgIpc) is 3.47. The van der Waals surface area contributed by atoms with E-state index in [0.717, 1.165) is 29.8 Å². The van der Waals surface area contributed by atoms with Crippen molar-refractivity contribution in [3.05, 3.63) is 174 Å². The number of fused-ring (bicyclic) bond motifs is 1. The van der Waals surface area contributed by atoms with Gasteiger partial charge in [-0.25, -0.2) is 0 Å². The second-order valence-corrected chi connectivity index (χ2v) is 10.7. The number of H-pyrrole nitrogens is 1. The molecule has 4 nitrogen and oxygen atoms in total. The Kier molecular flexibility index (Phi) is 8.46. The topological polar surface area (TPSA) is 49.1 Å². The number of hydrogen-bond acceptors (Lipinski definition) is 3. The third-order valence-corrected chi connectivity index (χ3v) is 8.08. The summed E-state index contributed by atoms with van der Waals surface area (Å²) < 4.78 is 5.63. The van der Waals surface area contributed by atoms with Gasteiger partial charge in [0.05, 0.1) is 12.6 Å². The molecule has 1 aromatic heterocycles. The van der Waals surface area contributed by atoms with Crippen molar-refractivity contribution in [1.29, 1.82) is 0 Å². The second-order valence-electron chi connectivity index (χ2n) is 10.7. The normalized spacial score (nSPS) is 12.3. The summed E-state index contributed by atoms with van der Waals surface area (Å²) in [6.45, 7) is 1.47. The van der Waals surface area contributed by atoms with Crippen molar-refractivity contribution in [3.63, 3.8) is 0 Å². The largest absolute Gasteiger partial charge is 0.496 e. The second kappa shape index (κ2) is 12.9. The molecule has 0 saturated heterocycles. The molecule has 0 radical (unpaired) electrons. The number of rotatable bonds is 12. The summed E-state index contributed by atoms with van der Waals surface area (Å²) in [5.74, 6) is 0.901. The minimum Gasteiger partial charge on any atom is -0.496 e. The molecule has 42 heavy (non-hydrogen) atoms. The van der Waals surface area contributed by atoms with Crippen LogP contribution in [0.15, 0.2) is 146 Å². The molecule has 1 atom stereocenters. The van der Waals surface area contributed by atoms with E-state index >= 15 is 0 Å². The molecule has 0 spiro atoms. The maximum Gasteiger partial charge on any atom is 0.123 e. The van der Waals surface area contributed by atoms with Crippen molar-refractivity contribution in [3.8, 4) is 5.75 Å². The van der Waals surface area contributed by atoms with Gasteiger partial charge >= 0.3 is 0 Å². The van der Waals surface area contributed by atoms with Gasteiger partial charge in [-0.2, -0.15) is 0 Å². The zero-order valence-corrected chi connectivity index (χ0v) is 24.0. The Balaban J connectivity index is 1.42. The van der Waals surface area contributed by atoms with Crippen molar-refractivity contribution in [2.24, 2.45) is 0 Å². The van der Waals surface area contributed by atoms with Gasteiger partial charge in [0, 0.05) is 41.8 Å². The lowest BCUT2D eigenvalue weighted by molar-refractivity contribution is 0.369. The molecule has 1 heterocycles. The lowest BCUT2D eigenvalue weighted by Crippen LogP contribution is -2.53. The van der Waals surface area contributed by atoms with Gasteiger partial charge in [0.25, 0.3) is 0 Å². The van der Waals surface area contributed by atoms with Crippen LogP contribution < -0.4 is 15.4 Å². The Morgan fingerprint density at radius 1 is 0.643 bits per heavy atom. The lowest BCUT2D eigenvalue weighted by atomic mass is 9.76. The Hall–Kier alpha value is -4.64. The molecule has 4 heteroatoms. The summed E-state index contributed by atoms with van der Waals surface area (Å²) in [7, 11) is 1.73. The molecule has 0 aliphatic heterocycles. The highest BCUT2D eigenvalue weighted by molar-refractivity contribution is 5.83. The zero-order valence-electron chi connectivity index (χ0n) is 24.0. The molecule has 0 aliphatic carbocycles. The van der Waals surface area contributed by atoms with Crippen molar-refractivity contribution >= 4 is 10.9 Å². The van der Waals surface area contributed by atoms with E-state index in [1.165, 1.54) is 27.6 Å². The van der Waals surface area contributed by atoms with E-state index in [1.807, 2.05) is 12.1 Å². The number of methoxy groups -OCH3 is 1. The van der Waals surface area contributed by atoms with Crippen molar-refractivity contribution in [1.82, 2.24) is 15.6 Å². The van der Waals surface area contributed by atoms with Crippen molar-refractivity contribution in [2.45, 2.75) is 24.5 Å². The van der Waals surface area contributed by atoms with Crippen LogP contribution in [0.4, 0.5) is 0 Å². The van der Waals surface area contributed by atoms with Crippen LogP contribution in [0.5, 0.6) is 5.75 Å². The molecular formula is C38H37N3O. The first kappa shape index (κ1) is 27.5. The Labute approximate surface area is 248 Å². The van der Waals surface area contributed by atoms with E-state index in [4.69, 9.17) is 4.74 Å². The summed E-state index contributed by atoms with van der Waals surface area (Å²) in [4.78, 5) is 3.48. The number of aromatic nitrogens is 1. The first-order valence-electron chi connectivity index (χ1n) is 14.6.